The van der Waals surface area contributed by atoms with Crippen LogP contribution < -0.4 is 9.64 Å². The van der Waals surface area contributed by atoms with Crippen LogP contribution in [0.5, 0.6) is 11.6 Å². The van der Waals surface area contributed by atoms with Crippen LogP contribution in [0.4, 0.5) is 11.5 Å². The van der Waals surface area contributed by atoms with Crippen molar-refractivity contribution < 1.29 is 9.66 Å². The van der Waals surface area contributed by atoms with E-state index in [1.807, 2.05) is 18.7 Å². The van der Waals surface area contributed by atoms with Gasteiger partial charge in [-0.2, -0.15) is 4.98 Å². The SMILES string of the molecule is CCN1CCN(c2ncnc(Oc3cc(C)c(Cl)c(C)c3)c2[N+](=O)[O-])CC1. The lowest BCUT2D eigenvalue weighted by atomic mass is 10.1. The molecule has 8 nitrogen and oxygen atoms in total. The molecule has 0 N–H and O–H groups in total. The molecule has 0 unspecified atom stereocenters. The summed E-state index contributed by atoms with van der Waals surface area (Å²) in [6.07, 6.45) is 1.31. The maximum Gasteiger partial charge on any atom is 0.373 e. The highest BCUT2D eigenvalue weighted by atomic mass is 35.5. The Balaban J connectivity index is 1.94. The molecule has 0 saturated carbocycles. The number of anilines is 1. The first-order chi connectivity index (χ1) is 12.9. The Bertz CT molecular complexity index is 830. The van der Waals surface area contributed by atoms with Crippen LogP contribution in [0.25, 0.3) is 0 Å². The van der Waals surface area contributed by atoms with E-state index in [2.05, 4.69) is 21.8 Å². The summed E-state index contributed by atoms with van der Waals surface area (Å²) in [6.45, 7) is 9.79. The molecule has 3 rings (SSSR count). The fourth-order valence-corrected chi connectivity index (χ4v) is 3.28. The molecule has 144 valence electrons. The van der Waals surface area contributed by atoms with Crippen LogP contribution in [-0.4, -0.2) is 52.5 Å². The van der Waals surface area contributed by atoms with Crippen molar-refractivity contribution in [2.24, 2.45) is 0 Å². The number of aromatic nitrogens is 2. The number of benzene rings is 1. The van der Waals surface area contributed by atoms with Gasteiger partial charge in [-0.25, -0.2) is 4.98 Å². The van der Waals surface area contributed by atoms with E-state index in [-0.39, 0.29) is 11.6 Å². The molecule has 9 heteroatoms. The van der Waals surface area contributed by atoms with Gasteiger partial charge in [0, 0.05) is 31.2 Å². The molecule has 2 heterocycles. The van der Waals surface area contributed by atoms with Crippen LogP contribution in [0.2, 0.25) is 5.02 Å². The van der Waals surface area contributed by atoms with Gasteiger partial charge in [0.15, 0.2) is 0 Å². The average molecular weight is 392 g/mol. The molecule has 1 fully saturated rings. The topological polar surface area (TPSA) is 84.6 Å². The van der Waals surface area contributed by atoms with Crippen molar-refractivity contribution in [3.63, 3.8) is 0 Å². The van der Waals surface area contributed by atoms with E-state index in [9.17, 15) is 10.1 Å². The number of nitrogens with zero attached hydrogens (tertiary/aromatic N) is 5. The molecule has 0 bridgehead atoms. The predicted octanol–water partition coefficient (Wildman–Crippen LogP) is 3.59. The Morgan fingerprint density at radius 2 is 1.81 bits per heavy atom. The van der Waals surface area contributed by atoms with Gasteiger partial charge in [0.05, 0.1) is 4.92 Å². The fourth-order valence-electron chi connectivity index (χ4n) is 3.17. The summed E-state index contributed by atoms with van der Waals surface area (Å²) in [4.78, 5) is 23.7. The minimum Gasteiger partial charge on any atom is -0.434 e. The summed E-state index contributed by atoms with van der Waals surface area (Å²) in [5.41, 5.74) is 1.45. The molecule has 1 saturated heterocycles. The van der Waals surface area contributed by atoms with Gasteiger partial charge >= 0.3 is 11.6 Å². The van der Waals surface area contributed by atoms with Crippen LogP contribution in [-0.2, 0) is 0 Å². The zero-order valence-corrected chi connectivity index (χ0v) is 16.4. The Morgan fingerprint density at radius 3 is 2.37 bits per heavy atom. The summed E-state index contributed by atoms with van der Waals surface area (Å²) in [5.74, 6) is 0.685. The first kappa shape index (κ1) is 19.3. The number of ether oxygens (including phenoxy) is 1. The lowest BCUT2D eigenvalue weighted by molar-refractivity contribution is -0.385. The highest BCUT2D eigenvalue weighted by molar-refractivity contribution is 6.32. The van der Waals surface area contributed by atoms with Gasteiger partial charge in [0.1, 0.15) is 12.1 Å². The molecule has 1 aliphatic heterocycles. The quantitative estimate of drug-likeness (QED) is 0.568. The Morgan fingerprint density at radius 1 is 1.19 bits per heavy atom. The predicted molar refractivity (Wildman–Crippen MR) is 104 cm³/mol. The molecule has 0 spiro atoms. The lowest BCUT2D eigenvalue weighted by Gasteiger charge is -2.34. The second-order valence-corrected chi connectivity index (χ2v) is 6.88. The van der Waals surface area contributed by atoms with Crippen LogP contribution in [0.1, 0.15) is 18.1 Å². The molecule has 1 aliphatic rings. The molecule has 1 aromatic carbocycles. The van der Waals surface area contributed by atoms with Gasteiger partial charge in [-0.3, -0.25) is 10.1 Å². The third-order valence-electron chi connectivity index (χ3n) is 4.70. The number of halogens is 1. The van der Waals surface area contributed by atoms with Gasteiger partial charge in [-0.05, 0) is 43.7 Å². The zero-order valence-electron chi connectivity index (χ0n) is 15.6. The van der Waals surface area contributed by atoms with Gasteiger partial charge in [-0.1, -0.05) is 18.5 Å². The summed E-state index contributed by atoms with van der Waals surface area (Å²) in [5, 5.41) is 12.4. The number of hydrogen-bond donors (Lipinski definition) is 0. The summed E-state index contributed by atoms with van der Waals surface area (Å²) in [6, 6.07) is 3.47. The second-order valence-electron chi connectivity index (χ2n) is 6.50. The molecule has 2 aromatic rings. The molecule has 0 atom stereocenters. The zero-order chi connectivity index (χ0) is 19.6. The number of piperazine rings is 1. The number of likely N-dealkylation sites (N-methyl/N-ethyl adjacent to an activating group) is 1. The Labute approximate surface area is 162 Å². The number of nitro groups is 1. The molecule has 0 radical (unpaired) electrons. The van der Waals surface area contributed by atoms with Gasteiger partial charge in [0.2, 0.25) is 5.82 Å². The molecule has 0 amide bonds. The number of rotatable bonds is 5. The molecule has 1 aromatic heterocycles. The molecule has 27 heavy (non-hydrogen) atoms. The van der Waals surface area contributed by atoms with Crippen LogP contribution in [0, 0.1) is 24.0 Å². The average Bonchev–Trinajstić information content (AvgIpc) is 2.65. The van der Waals surface area contributed by atoms with Crippen molar-refractivity contribution in [3.05, 3.63) is 44.7 Å². The van der Waals surface area contributed by atoms with E-state index >= 15 is 0 Å². The van der Waals surface area contributed by atoms with E-state index in [4.69, 9.17) is 16.3 Å². The molecular weight excluding hydrogens is 370 g/mol. The summed E-state index contributed by atoms with van der Waals surface area (Å²) >= 11 is 6.18. The third kappa shape index (κ3) is 4.12. The van der Waals surface area contributed by atoms with Crippen molar-refractivity contribution in [2.75, 3.05) is 37.6 Å². The van der Waals surface area contributed by atoms with Gasteiger partial charge in [-0.15, -0.1) is 0 Å². The van der Waals surface area contributed by atoms with E-state index in [1.54, 1.807) is 12.1 Å². The first-order valence-corrected chi connectivity index (χ1v) is 9.19. The van der Waals surface area contributed by atoms with E-state index < -0.39 is 4.92 Å². The Kier molecular flexibility index (Phi) is 5.76. The minimum atomic E-state index is -0.480. The van der Waals surface area contributed by atoms with Gasteiger partial charge in [0.25, 0.3) is 0 Å². The monoisotopic (exact) mass is 391 g/mol. The summed E-state index contributed by atoms with van der Waals surface area (Å²) in [7, 11) is 0. The van der Waals surface area contributed by atoms with Crippen molar-refractivity contribution in [2.45, 2.75) is 20.8 Å². The van der Waals surface area contributed by atoms with Crippen LogP contribution >= 0.6 is 11.6 Å². The van der Waals surface area contributed by atoms with Crippen LogP contribution in [0.3, 0.4) is 0 Å². The largest absolute Gasteiger partial charge is 0.434 e. The maximum atomic E-state index is 11.8. The van der Waals surface area contributed by atoms with Crippen molar-refractivity contribution in [1.29, 1.82) is 0 Å². The standard InChI is InChI=1S/C18H22ClN5O3/c1-4-22-5-7-23(8-6-22)17-16(24(25)26)18(21-11-20-17)27-14-9-12(2)15(19)13(3)10-14/h9-11H,4-8H2,1-3H3. The van der Waals surface area contributed by atoms with Crippen molar-refractivity contribution in [1.82, 2.24) is 14.9 Å². The maximum absolute atomic E-state index is 11.8. The highest BCUT2D eigenvalue weighted by Gasteiger charge is 2.30. The normalized spacial score (nSPS) is 15.0. The fraction of sp³-hybridized carbons (Fsp3) is 0.444. The van der Waals surface area contributed by atoms with Gasteiger partial charge < -0.3 is 14.5 Å². The van der Waals surface area contributed by atoms with Crippen molar-refractivity contribution >= 4 is 23.1 Å². The summed E-state index contributed by atoms with van der Waals surface area (Å²) < 4.78 is 5.77. The molecule has 0 aliphatic carbocycles. The van der Waals surface area contributed by atoms with Crippen molar-refractivity contribution in [3.8, 4) is 11.6 Å². The van der Waals surface area contributed by atoms with E-state index in [0.717, 1.165) is 30.8 Å². The highest BCUT2D eigenvalue weighted by Crippen LogP contribution is 2.37. The third-order valence-corrected chi connectivity index (χ3v) is 5.29. The number of aryl methyl sites for hydroxylation is 2. The smallest absolute Gasteiger partial charge is 0.373 e. The first-order valence-electron chi connectivity index (χ1n) is 8.82. The lowest BCUT2D eigenvalue weighted by Crippen LogP contribution is -2.46. The van der Waals surface area contributed by atoms with E-state index in [0.29, 0.717) is 29.7 Å². The second kappa shape index (κ2) is 8.06. The Hall–Kier alpha value is -2.45. The number of hydrogen-bond acceptors (Lipinski definition) is 7. The van der Waals surface area contributed by atoms with E-state index in [1.165, 1.54) is 6.33 Å². The minimum absolute atomic E-state index is 0.0657. The molecular formula is C18H22ClN5O3. The van der Waals surface area contributed by atoms with Crippen LogP contribution in [0.15, 0.2) is 18.5 Å².